The minimum atomic E-state index is -0.00926. The lowest BCUT2D eigenvalue weighted by molar-refractivity contribution is 0.0946. The predicted molar refractivity (Wildman–Crippen MR) is 72.5 cm³/mol. The van der Waals surface area contributed by atoms with E-state index in [1.807, 2.05) is 18.2 Å². The van der Waals surface area contributed by atoms with Crippen LogP contribution in [-0.4, -0.2) is 22.6 Å². The van der Waals surface area contributed by atoms with Crippen LogP contribution in [0.3, 0.4) is 0 Å². The summed E-state index contributed by atoms with van der Waals surface area (Å²) >= 11 is 0. The predicted octanol–water partition coefficient (Wildman–Crippen LogP) is 2.73. The van der Waals surface area contributed by atoms with Crippen molar-refractivity contribution >= 4 is 16.8 Å². The Morgan fingerprint density at radius 2 is 2.17 bits per heavy atom. The number of amides is 1. The van der Waals surface area contributed by atoms with Gasteiger partial charge < -0.3 is 5.32 Å². The number of hydrogen-bond donors (Lipinski definition) is 2. The van der Waals surface area contributed by atoms with Gasteiger partial charge >= 0.3 is 0 Å². The van der Waals surface area contributed by atoms with Crippen LogP contribution < -0.4 is 5.32 Å². The van der Waals surface area contributed by atoms with Crippen molar-refractivity contribution in [2.24, 2.45) is 5.92 Å². The van der Waals surface area contributed by atoms with Crippen LogP contribution in [0, 0.1) is 5.92 Å². The maximum Gasteiger partial charge on any atom is 0.251 e. The molecule has 18 heavy (non-hydrogen) atoms. The van der Waals surface area contributed by atoms with Gasteiger partial charge in [0.25, 0.3) is 5.91 Å². The Balaban J connectivity index is 2.04. The maximum absolute atomic E-state index is 12.0. The van der Waals surface area contributed by atoms with Crippen LogP contribution in [0.1, 0.15) is 37.0 Å². The molecule has 96 valence electrons. The van der Waals surface area contributed by atoms with E-state index in [1.54, 1.807) is 6.20 Å². The van der Waals surface area contributed by atoms with Gasteiger partial charge in [-0.3, -0.25) is 9.89 Å². The van der Waals surface area contributed by atoms with Gasteiger partial charge in [-0.2, -0.15) is 5.10 Å². The summed E-state index contributed by atoms with van der Waals surface area (Å²) < 4.78 is 0. The molecular formula is C14H19N3O. The molecule has 0 spiro atoms. The van der Waals surface area contributed by atoms with Crippen molar-refractivity contribution in [1.82, 2.24) is 15.5 Å². The van der Waals surface area contributed by atoms with Gasteiger partial charge in [0.15, 0.2) is 0 Å². The quantitative estimate of drug-likeness (QED) is 0.851. The van der Waals surface area contributed by atoms with Crippen molar-refractivity contribution in [1.29, 1.82) is 0 Å². The molecule has 0 aliphatic heterocycles. The number of nitrogens with zero attached hydrogens (tertiary/aromatic N) is 1. The Labute approximate surface area is 107 Å². The van der Waals surface area contributed by atoms with Gasteiger partial charge in [0, 0.05) is 17.5 Å². The van der Waals surface area contributed by atoms with E-state index in [-0.39, 0.29) is 5.91 Å². The topological polar surface area (TPSA) is 57.8 Å². The summed E-state index contributed by atoms with van der Waals surface area (Å²) in [5.74, 6) is 0.552. The number of benzene rings is 1. The lowest BCUT2D eigenvalue weighted by Gasteiger charge is -2.13. The second-order valence-corrected chi connectivity index (χ2v) is 4.56. The van der Waals surface area contributed by atoms with Crippen LogP contribution in [0.4, 0.5) is 0 Å². The highest BCUT2D eigenvalue weighted by Gasteiger charge is 2.09. The minimum Gasteiger partial charge on any atom is -0.352 e. The zero-order valence-corrected chi connectivity index (χ0v) is 10.9. The highest BCUT2D eigenvalue weighted by Crippen LogP contribution is 2.13. The number of H-pyrrole nitrogens is 1. The highest BCUT2D eigenvalue weighted by atomic mass is 16.1. The number of aromatic amines is 1. The molecule has 4 nitrogen and oxygen atoms in total. The Bertz CT molecular complexity index is 529. The summed E-state index contributed by atoms with van der Waals surface area (Å²) in [6.07, 6.45) is 3.92. The van der Waals surface area contributed by atoms with Gasteiger partial charge in [-0.15, -0.1) is 0 Å². The third-order valence-corrected chi connectivity index (χ3v) is 3.41. The summed E-state index contributed by atoms with van der Waals surface area (Å²) in [7, 11) is 0. The molecule has 2 N–H and O–H groups in total. The number of carbonyl (C=O) groups excluding carboxylic acids is 1. The maximum atomic E-state index is 12.0. The summed E-state index contributed by atoms with van der Waals surface area (Å²) in [6.45, 7) is 5.05. The van der Waals surface area contributed by atoms with Crippen LogP contribution in [0.2, 0.25) is 0 Å². The molecule has 1 aromatic carbocycles. The van der Waals surface area contributed by atoms with Crippen LogP contribution in [0.15, 0.2) is 24.4 Å². The number of nitrogens with one attached hydrogen (secondary N) is 2. The monoisotopic (exact) mass is 245 g/mol. The molecular weight excluding hydrogens is 226 g/mol. The molecule has 0 fully saturated rings. The Morgan fingerprint density at radius 1 is 1.39 bits per heavy atom. The Morgan fingerprint density at radius 3 is 2.89 bits per heavy atom. The van der Waals surface area contributed by atoms with E-state index in [0.29, 0.717) is 11.5 Å². The largest absolute Gasteiger partial charge is 0.352 e. The van der Waals surface area contributed by atoms with Crippen molar-refractivity contribution < 1.29 is 4.79 Å². The first-order chi connectivity index (χ1) is 8.74. The van der Waals surface area contributed by atoms with Crippen molar-refractivity contribution in [3.05, 3.63) is 30.0 Å². The van der Waals surface area contributed by atoms with E-state index in [9.17, 15) is 4.79 Å². The third kappa shape index (κ3) is 2.70. The van der Waals surface area contributed by atoms with Gasteiger partial charge in [0.2, 0.25) is 0 Å². The average Bonchev–Trinajstić information content (AvgIpc) is 2.86. The Kier molecular flexibility index (Phi) is 3.97. The molecule has 1 amide bonds. The van der Waals surface area contributed by atoms with Gasteiger partial charge in [-0.05, 0) is 24.1 Å². The van der Waals surface area contributed by atoms with Gasteiger partial charge in [-0.1, -0.05) is 26.7 Å². The summed E-state index contributed by atoms with van der Waals surface area (Å²) in [6, 6.07) is 5.57. The fourth-order valence-electron chi connectivity index (χ4n) is 2.00. The first-order valence-electron chi connectivity index (χ1n) is 6.46. The molecule has 1 aromatic heterocycles. The van der Waals surface area contributed by atoms with E-state index >= 15 is 0 Å². The fourth-order valence-corrected chi connectivity index (χ4v) is 2.00. The molecule has 0 aliphatic rings. The van der Waals surface area contributed by atoms with Crippen LogP contribution in [0.25, 0.3) is 10.9 Å². The lowest BCUT2D eigenvalue weighted by atomic mass is 10.0. The van der Waals surface area contributed by atoms with E-state index in [2.05, 4.69) is 29.4 Å². The molecule has 4 heteroatoms. The fraction of sp³-hybridized carbons (Fsp3) is 0.429. The van der Waals surface area contributed by atoms with Gasteiger partial charge in [0.1, 0.15) is 0 Å². The van der Waals surface area contributed by atoms with Crippen LogP contribution in [-0.2, 0) is 0 Å². The van der Waals surface area contributed by atoms with E-state index in [0.717, 1.165) is 30.3 Å². The summed E-state index contributed by atoms with van der Waals surface area (Å²) in [5, 5.41) is 10.8. The summed E-state index contributed by atoms with van der Waals surface area (Å²) in [5.41, 5.74) is 1.64. The third-order valence-electron chi connectivity index (χ3n) is 3.41. The van der Waals surface area contributed by atoms with E-state index in [4.69, 9.17) is 0 Å². The average molecular weight is 245 g/mol. The zero-order chi connectivity index (χ0) is 13.0. The SMILES string of the molecule is CCC(CC)CNC(=O)c1ccc2[nH]ncc2c1. The van der Waals surface area contributed by atoms with Crippen molar-refractivity contribution in [2.75, 3.05) is 6.54 Å². The molecule has 0 unspecified atom stereocenters. The smallest absolute Gasteiger partial charge is 0.251 e. The molecule has 0 radical (unpaired) electrons. The normalized spacial score (nSPS) is 11.1. The highest BCUT2D eigenvalue weighted by molar-refractivity contribution is 5.97. The molecule has 2 rings (SSSR count). The number of carbonyl (C=O) groups is 1. The Hall–Kier alpha value is -1.84. The standard InChI is InChI=1S/C14H19N3O/c1-3-10(4-2)8-15-14(18)11-5-6-13-12(7-11)9-16-17-13/h5-7,9-10H,3-4,8H2,1-2H3,(H,15,18)(H,16,17). The molecule has 2 aromatic rings. The van der Waals surface area contributed by atoms with Crippen LogP contribution >= 0.6 is 0 Å². The van der Waals surface area contributed by atoms with Crippen molar-refractivity contribution in [2.45, 2.75) is 26.7 Å². The molecule has 0 atom stereocenters. The molecule has 0 saturated carbocycles. The van der Waals surface area contributed by atoms with Gasteiger partial charge in [-0.25, -0.2) is 0 Å². The van der Waals surface area contributed by atoms with Crippen molar-refractivity contribution in [3.63, 3.8) is 0 Å². The number of fused-ring (bicyclic) bond motifs is 1. The van der Waals surface area contributed by atoms with E-state index < -0.39 is 0 Å². The molecule has 1 heterocycles. The first kappa shape index (κ1) is 12.6. The second-order valence-electron chi connectivity index (χ2n) is 4.56. The first-order valence-corrected chi connectivity index (χ1v) is 6.46. The van der Waals surface area contributed by atoms with Gasteiger partial charge in [0.05, 0.1) is 11.7 Å². The number of aromatic nitrogens is 2. The second kappa shape index (κ2) is 5.67. The molecule has 0 saturated heterocycles. The lowest BCUT2D eigenvalue weighted by Crippen LogP contribution is -2.28. The molecule has 0 aliphatic carbocycles. The zero-order valence-electron chi connectivity index (χ0n) is 10.9. The van der Waals surface area contributed by atoms with E-state index in [1.165, 1.54) is 0 Å². The van der Waals surface area contributed by atoms with Crippen LogP contribution in [0.5, 0.6) is 0 Å². The number of hydrogen-bond acceptors (Lipinski definition) is 2. The summed E-state index contributed by atoms with van der Waals surface area (Å²) in [4.78, 5) is 12.0. The van der Waals surface area contributed by atoms with Crippen molar-refractivity contribution in [3.8, 4) is 0 Å². The minimum absolute atomic E-state index is 0.00926. The number of rotatable bonds is 5. The molecule has 0 bridgehead atoms.